The van der Waals surface area contributed by atoms with Crippen molar-refractivity contribution >= 4 is 15.7 Å². The van der Waals surface area contributed by atoms with Crippen LogP contribution in [0.5, 0.6) is 0 Å². The molecule has 0 saturated carbocycles. The van der Waals surface area contributed by atoms with Crippen LogP contribution in [0.2, 0.25) is 0 Å². The molecule has 31 heavy (non-hydrogen) atoms. The van der Waals surface area contributed by atoms with Gasteiger partial charge in [-0.25, -0.2) is 8.42 Å². The topological polar surface area (TPSA) is 85.0 Å². The van der Waals surface area contributed by atoms with Gasteiger partial charge < -0.3 is 4.90 Å². The number of nitrogens with one attached hydrogen (secondary N) is 1. The van der Waals surface area contributed by atoms with E-state index >= 15 is 0 Å². The molecule has 0 atom stereocenters. The van der Waals surface area contributed by atoms with E-state index in [0.717, 1.165) is 6.07 Å². The molecule has 3 aromatic rings. The minimum Gasteiger partial charge on any atom is -0.323 e. The van der Waals surface area contributed by atoms with Gasteiger partial charge in [-0.1, -0.05) is 66.7 Å². The molecule has 3 aromatic carbocycles. The monoisotopic (exact) mass is 438 g/mol. The molecular formula is C23H24N3O4S+. The van der Waals surface area contributed by atoms with Gasteiger partial charge in [0.25, 0.3) is 5.69 Å². The Morgan fingerprint density at radius 3 is 1.90 bits per heavy atom. The van der Waals surface area contributed by atoms with E-state index in [9.17, 15) is 18.5 Å². The van der Waals surface area contributed by atoms with Crippen molar-refractivity contribution in [3.63, 3.8) is 0 Å². The van der Waals surface area contributed by atoms with Gasteiger partial charge in [-0.05, 0) is 6.07 Å². The first-order chi connectivity index (χ1) is 15.0. The number of non-ortho nitro benzene ring substituents is 1. The maximum Gasteiger partial charge on any atom is 0.270 e. The highest BCUT2D eigenvalue weighted by molar-refractivity contribution is 7.89. The molecule has 1 aliphatic rings. The number of benzene rings is 3. The van der Waals surface area contributed by atoms with Crippen molar-refractivity contribution in [3.8, 4) is 0 Å². The van der Waals surface area contributed by atoms with Crippen molar-refractivity contribution in [2.45, 2.75) is 10.9 Å². The van der Waals surface area contributed by atoms with Gasteiger partial charge >= 0.3 is 0 Å². The zero-order valence-corrected chi connectivity index (χ0v) is 17.7. The van der Waals surface area contributed by atoms with Gasteiger partial charge in [-0.15, -0.1) is 0 Å². The van der Waals surface area contributed by atoms with Crippen LogP contribution >= 0.6 is 0 Å². The van der Waals surface area contributed by atoms with Crippen molar-refractivity contribution in [1.29, 1.82) is 0 Å². The maximum atomic E-state index is 13.1. The van der Waals surface area contributed by atoms with Gasteiger partial charge in [0.1, 0.15) is 6.04 Å². The summed E-state index contributed by atoms with van der Waals surface area (Å²) in [6.45, 7) is 2.00. The molecule has 1 aliphatic heterocycles. The molecule has 0 aromatic heterocycles. The van der Waals surface area contributed by atoms with Crippen LogP contribution < -0.4 is 4.90 Å². The lowest BCUT2D eigenvalue weighted by molar-refractivity contribution is -0.929. The molecule has 0 aliphatic carbocycles. The fourth-order valence-corrected chi connectivity index (χ4v) is 5.65. The van der Waals surface area contributed by atoms with Gasteiger partial charge in [-0.3, -0.25) is 10.1 Å². The van der Waals surface area contributed by atoms with E-state index in [-0.39, 0.29) is 16.6 Å². The molecule has 1 saturated heterocycles. The van der Waals surface area contributed by atoms with Gasteiger partial charge in [0.15, 0.2) is 0 Å². The summed E-state index contributed by atoms with van der Waals surface area (Å²) in [7, 11) is -3.78. The summed E-state index contributed by atoms with van der Waals surface area (Å²) in [6.07, 6.45) is 0. The van der Waals surface area contributed by atoms with Crippen LogP contribution in [0.3, 0.4) is 0 Å². The van der Waals surface area contributed by atoms with Gasteiger partial charge in [-0.2, -0.15) is 4.31 Å². The second-order valence-electron chi connectivity index (χ2n) is 7.57. The molecule has 0 bridgehead atoms. The number of hydrogen-bond acceptors (Lipinski definition) is 4. The number of nitro groups is 1. The van der Waals surface area contributed by atoms with Gasteiger partial charge in [0.2, 0.25) is 10.0 Å². The van der Waals surface area contributed by atoms with E-state index in [1.54, 1.807) is 0 Å². The predicted octanol–water partition coefficient (Wildman–Crippen LogP) is 2.27. The van der Waals surface area contributed by atoms with Crippen molar-refractivity contribution < 1.29 is 18.2 Å². The van der Waals surface area contributed by atoms with Crippen molar-refractivity contribution in [2.24, 2.45) is 0 Å². The Bertz CT molecular complexity index is 1110. The Kier molecular flexibility index (Phi) is 6.13. The summed E-state index contributed by atoms with van der Waals surface area (Å²) in [4.78, 5) is 11.7. The molecule has 0 spiro atoms. The maximum absolute atomic E-state index is 13.1. The summed E-state index contributed by atoms with van der Waals surface area (Å²) < 4.78 is 27.6. The first-order valence-electron chi connectivity index (χ1n) is 10.2. The van der Waals surface area contributed by atoms with Crippen LogP contribution in [-0.2, 0) is 10.0 Å². The van der Waals surface area contributed by atoms with Crippen molar-refractivity contribution in [2.75, 3.05) is 26.2 Å². The summed E-state index contributed by atoms with van der Waals surface area (Å²) in [5, 5.41) is 11.0. The standard InChI is InChI=1S/C23H23N3O4S/c27-26(28)21-12-7-13-22(18-21)31(29,30)25-16-14-24(15-17-25)23(19-8-3-1-4-9-19)20-10-5-2-6-11-20/h1-13,18,23H,14-17H2/p+1. The highest BCUT2D eigenvalue weighted by Crippen LogP contribution is 2.22. The van der Waals surface area contributed by atoms with E-state index in [0.29, 0.717) is 26.2 Å². The summed E-state index contributed by atoms with van der Waals surface area (Å²) >= 11 is 0. The summed E-state index contributed by atoms with van der Waals surface area (Å²) in [5.74, 6) is 0. The van der Waals surface area contributed by atoms with E-state index in [4.69, 9.17) is 0 Å². The zero-order valence-electron chi connectivity index (χ0n) is 16.9. The Labute approximate surface area is 181 Å². The predicted molar refractivity (Wildman–Crippen MR) is 117 cm³/mol. The second kappa shape index (κ2) is 8.97. The third-order valence-corrected chi connectivity index (χ3v) is 7.60. The van der Waals surface area contributed by atoms with Crippen LogP contribution in [-0.4, -0.2) is 43.8 Å². The van der Waals surface area contributed by atoms with Gasteiger partial charge in [0.05, 0.1) is 36.0 Å². The van der Waals surface area contributed by atoms with Crippen LogP contribution in [0.25, 0.3) is 0 Å². The number of rotatable bonds is 6. The van der Waals surface area contributed by atoms with Crippen LogP contribution in [0.1, 0.15) is 17.2 Å². The van der Waals surface area contributed by atoms with E-state index in [1.165, 1.54) is 38.5 Å². The average Bonchev–Trinajstić information content (AvgIpc) is 2.81. The lowest BCUT2D eigenvalue weighted by Gasteiger charge is -2.36. The van der Waals surface area contributed by atoms with Crippen molar-refractivity contribution in [1.82, 2.24) is 4.31 Å². The highest BCUT2D eigenvalue weighted by atomic mass is 32.2. The highest BCUT2D eigenvalue weighted by Gasteiger charge is 2.35. The first-order valence-corrected chi connectivity index (χ1v) is 11.6. The molecule has 1 heterocycles. The number of nitrogens with zero attached hydrogens (tertiary/aromatic N) is 2. The van der Waals surface area contributed by atoms with Crippen molar-refractivity contribution in [3.05, 3.63) is 106 Å². The number of piperazine rings is 1. The quantitative estimate of drug-likeness (QED) is 0.473. The zero-order chi connectivity index (χ0) is 21.8. The van der Waals surface area contributed by atoms with E-state index in [1.807, 2.05) is 36.4 Å². The van der Waals surface area contributed by atoms with E-state index < -0.39 is 14.9 Å². The lowest BCUT2D eigenvalue weighted by Crippen LogP contribution is -3.15. The molecular weight excluding hydrogens is 414 g/mol. The Morgan fingerprint density at radius 2 is 1.39 bits per heavy atom. The van der Waals surface area contributed by atoms with Crippen LogP contribution in [0.15, 0.2) is 89.8 Å². The third-order valence-electron chi connectivity index (χ3n) is 5.70. The lowest BCUT2D eigenvalue weighted by atomic mass is 9.96. The fraction of sp³-hybridized carbons (Fsp3) is 0.217. The molecule has 1 fully saturated rings. The molecule has 1 N–H and O–H groups in total. The number of quaternary nitrogens is 1. The third kappa shape index (κ3) is 4.51. The SMILES string of the molecule is O=[N+]([O-])c1cccc(S(=O)(=O)N2CC[NH+](C(c3ccccc3)c3ccccc3)CC2)c1. The molecule has 0 amide bonds. The summed E-state index contributed by atoms with van der Waals surface area (Å²) in [5.41, 5.74) is 2.16. The molecule has 7 nitrogen and oxygen atoms in total. The Balaban J connectivity index is 1.55. The first kappa shape index (κ1) is 21.2. The Morgan fingerprint density at radius 1 is 0.839 bits per heavy atom. The molecule has 0 radical (unpaired) electrons. The number of hydrogen-bond donors (Lipinski definition) is 1. The average molecular weight is 439 g/mol. The molecule has 0 unspecified atom stereocenters. The number of sulfonamides is 1. The smallest absolute Gasteiger partial charge is 0.270 e. The molecule has 4 rings (SSSR count). The molecule has 8 heteroatoms. The van der Waals surface area contributed by atoms with Crippen LogP contribution in [0, 0.1) is 10.1 Å². The number of nitro benzene ring substituents is 1. The van der Waals surface area contributed by atoms with Gasteiger partial charge in [0, 0.05) is 23.3 Å². The normalized spacial score (nSPS) is 15.8. The second-order valence-corrected chi connectivity index (χ2v) is 9.51. The largest absolute Gasteiger partial charge is 0.323 e. The van der Waals surface area contributed by atoms with E-state index in [2.05, 4.69) is 24.3 Å². The minimum absolute atomic E-state index is 0.0344. The fourth-order valence-electron chi connectivity index (χ4n) is 4.16. The summed E-state index contributed by atoms with van der Waals surface area (Å²) in [6, 6.07) is 25.9. The van der Waals surface area contributed by atoms with Crippen LogP contribution in [0.4, 0.5) is 5.69 Å². The minimum atomic E-state index is -3.78. The Hall–Kier alpha value is -3.07. The molecule has 160 valence electrons.